The Morgan fingerprint density at radius 2 is 1.59 bits per heavy atom. The predicted octanol–water partition coefficient (Wildman–Crippen LogP) is 3.04. The Morgan fingerprint density at radius 3 is 2.09 bits per heavy atom. The van der Waals surface area contributed by atoms with Crippen LogP contribution in [0.4, 0.5) is 5.69 Å². The molecule has 2 amide bonds. The quantitative estimate of drug-likeness (QED) is 0.779. The number of nitrogens with zero attached hydrogens (tertiary/aromatic N) is 1. The number of carbonyl (C=O) groups is 2. The number of hydrogen-bond acceptors (Lipinski definition) is 3. The minimum atomic E-state index is -0.308. The fourth-order valence-electron chi connectivity index (χ4n) is 1.78. The number of carbonyl (C=O) groups excluding carboxylic acids is 2. The molecule has 1 rings (SSSR count). The number of rotatable bonds is 7. The zero-order chi connectivity index (χ0) is 16.7. The number of likely N-dealkylation sites (N-methyl/N-ethyl adjacent to an activating group) is 2. The van der Waals surface area contributed by atoms with E-state index in [0.717, 1.165) is 0 Å². The second-order valence-corrected chi connectivity index (χ2v) is 5.80. The van der Waals surface area contributed by atoms with Gasteiger partial charge in [0.15, 0.2) is 0 Å². The first-order valence-corrected chi connectivity index (χ1v) is 7.94. The Morgan fingerprint density at radius 1 is 1.05 bits per heavy atom. The average Bonchev–Trinajstić information content (AvgIpc) is 2.42. The lowest BCUT2D eigenvalue weighted by Crippen LogP contribution is -2.41. The summed E-state index contributed by atoms with van der Waals surface area (Å²) in [6.07, 6.45) is 0. The first kappa shape index (κ1) is 19.0. The van der Waals surface area contributed by atoms with Crippen molar-refractivity contribution >= 4 is 52.3 Å². The van der Waals surface area contributed by atoms with Crippen LogP contribution in [0.15, 0.2) is 12.1 Å². The lowest BCUT2D eigenvalue weighted by atomic mass is 10.3. The molecule has 0 unspecified atom stereocenters. The molecule has 1 aromatic carbocycles. The van der Waals surface area contributed by atoms with Crippen LogP contribution in [0.25, 0.3) is 0 Å². The van der Waals surface area contributed by atoms with E-state index in [1.165, 1.54) is 12.1 Å². The van der Waals surface area contributed by atoms with E-state index in [0.29, 0.717) is 23.8 Å². The number of halogens is 3. The third-order valence-electron chi connectivity index (χ3n) is 2.83. The van der Waals surface area contributed by atoms with E-state index in [1.54, 1.807) is 4.90 Å². The summed E-state index contributed by atoms with van der Waals surface area (Å²) in [5, 5.41) is 6.24. The molecule has 122 valence electrons. The Hall–Kier alpha value is -1.01. The average molecular weight is 367 g/mol. The molecule has 0 atom stereocenters. The van der Waals surface area contributed by atoms with Crippen molar-refractivity contribution in [2.24, 2.45) is 0 Å². The van der Waals surface area contributed by atoms with Crippen LogP contribution in [0.2, 0.25) is 15.1 Å². The maximum atomic E-state index is 12.1. The van der Waals surface area contributed by atoms with Crippen molar-refractivity contribution in [2.75, 3.05) is 31.5 Å². The van der Waals surface area contributed by atoms with E-state index in [1.807, 2.05) is 13.8 Å². The number of hydrogen-bond donors (Lipinski definition) is 2. The summed E-state index contributed by atoms with van der Waals surface area (Å²) in [4.78, 5) is 25.3. The maximum absolute atomic E-state index is 12.1. The summed E-state index contributed by atoms with van der Waals surface area (Å²) in [6.45, 7) is 5.04. The van der Waals surface area contributed by atoms with Gasteiger partial charge < -0.3 is 10.6 Å². The van der Waals surface area contributed by atoms with Crippen LogP contribution in [0.1, 0.15) is 13.8 Å². The second kappa shape index (κ2) is 9.20. The Kier molecular flexibility index (Phi) is 7.96. The van der Waals surface area contributed by atoms with Gasteiger partial charge in [-0.05, 0) is 25.6 Å². The van der Waals surface area contributed by atoms with Crippen LogP contribution in [0, 0.1) is 0 Å². The zero-order valence-corrected chi connectivity index (χ0v) is 14.6. The normalized spacial score (nSPS) is 10.6. The standard InChI is InChI=1S/C14H18Cl3N3O2/c1-3-18-12(21)7-20(4-2)8-13(22)19-14-10(16)5-9(15)6-11(14)17/h5-6H,3-4,7-8H2,1-2H3,(H,18,21)(H,19,22). The van der Waals surface area contributed by atoms with Gasteiger partial charge in [-0.2, -0.15) is 0 Å². The Bertz CT molecular complexity index is 529. The molecular weight excluding hydrogens is 349 g/mol. The predicted molar refractivity (Wildman–Crippen MR) is 90.9 cm³/mol. The molecule has 0 fully saturated rings. The van der Waals surface area contributed by atoms with E-state index >= 15 is 0 Å². The van der Waals surface area contributed by atoms with Crippen molar-refractivity contribution < 1.29 is 9.59 Å². The molecule has 0 aliphatic rings. The minimum absolute atomic E-state index is 0.0585. The van der Waals surface area contributed by atoms with Crippen LogP contribution in [0.3, 0.4) is 0 Å². The molecule has 1 aromatic rings. The summed E-state index contributed by atoms with van der Waals surface area (Å²) in [6, 6.07) is 2.99. The molecule has 0 aliphatic heterocycles. The molecule has 0 radical (unpaired) electrons. The van der Waals surface area contributed by atoms with E-state index in [4.69, 9.17) is 34.8 Å². The van der Waals surface area contributed by atoms with Crippen molar-refractivity contribution in [1.82, 2.24) is 10.2 Å². The number of benzene rings is 1. The minimum Gasteiger partial charge on any atom is -0.355 e. The van der Waals surface area contributed by atoms with Gasteiger partial charge in [-0.15, -0.1) is 0 Å². The Labute approximate surface area is 144 Å². The maximum Gasteiger partial charge on any atom is 0.238 e. The van der Waals surface area contributed by atoms with Crippen LogP contribution in [0.5, 0.6) is 0 Å². The van der Waals surface area contributed by atoms with E-state index < -0.39 is 0 Å². The largest absolute Gasteiger partial charge is 0.355 e. The first-order valence-electron chi connectivity index (χ1n) is 6.80. The summed E-state index contributed by atoms with van der Waals surface area (Å²) in [5.41, 5.74) is 0.312. The van der Waals surface area contributed by atoms with Crippen LogP contribution < -0.4 is 10.6 Å². The molecule has 0 heterocycles. The van der Waals surface area contributed by atoms with Gasteiger partial charge in [-0.3, -0.25) is 14.5 Å². The molecule has 2 N–H and O–H groups in total. The summed E-state index contributed by atoms with van der Waals surface area (Å²) < 4.78 is 0. The fraction of sp³-hybridized carbons (Fsp3) is 0.429. The summed E-state index contributed by atoms with van der Waals surface area (Å²) in [5.74, 6) is -0.433. The lowest BCUT2D eigenvalue weighted by molar-refractivity contribution is -0.123. The summed E-state index contributed by atoms with van der Waals surface area (Å²) in [7, 11) is 0. The SMILES string of the molecule is CCNC(=O)CN(CC)CC(=O)Nc1c(Cl)cc(Cl)cc1Cl. The summed E-state index contributed by atoms with van der Waals surface area (Å²) >= 11 is 17.8. The lowest BCUT2D eigenvalue weighted by Gasteiger charge is -2.19. The molecule has 0 bridgehead atoms. The highest BCUT2D eigenvalue weighted by molar-refractivity contribution is 6.42. The van der Waals surface area contributed by atoms with Gasteiger partial charge >= 0.3 is 0 Å². The molecular formula is C14H18Cl3N3O2. The first-order chi connectivity index (χ1) is 10.4. The third-order valence-corrected chi connectivity index (χ3v) is 3.64. The van der Waals surface area contributed by atoms with Gasteiger partial charge in [-0.1, -0.05) is 41.7 Å². The van der Waals surface area contributed by atoms with Gasteiger partial charge in [0.1, 0.15) is 0 Å². The van der Waals surface area contributed by atoms with Crippen LogP contribution in [-0.2, 0) is 9.59 Å². The number of amides is 2. The number of anilines is 1. The highest BCUT2D eigenvalue weighted by Gasteiger charge is 2.15. The fourth-order valence-corrected chi connectivity index (χ4v) is 2.69. The van der Waals surface area contributed by atoms with Crippen molar-refractivity contribution in [1.29, 1.82) is 0 Å². The monoisotopic (exact) mass is 365 g/mol. The molecule has 0 aliphatic carbocycles. The van der Waals surface area contributed by atoms with E-state index in [9.17, 15) is 9.59 Å². The smallest absolute Gasteiger partial charge is 0.238 e. The van der Waals surface area contributed by atoms with Gasteiger partial charge in [0.05, 0.1) is 28.8 Å². The van der Waals surface area contributed by atoms with Crippen molar-refractivity contribution in [3.8, 4) is 0 Å². The van der Waals surface area contributed by atoms with Crippen molar-refractivity contribution in [2.45, 2.75) is 13.8 Å². The van der Waals surface area contributed by atoms with Crippen molar-refractivity contribution in [3.05, 3.63) is 27.2 Å². The third kappa shape index (κ3) is 6.01. The van der Waals surface area contributed by atoms with Gasteiger partial charge in [0, 0.05) is 11.6 Å². The zero-order valence-electron chi connectivity index (χ0n) is 12.4. The topological polar surface area (TPSA) is 61.4 Å². The van der Waals surface area contributed by atoms with Gasteiger partial charge in [0.25, 0.3) is 0 Å². The van der Waals surface area contributed by atoms with E-state index in [2.05, 4.69) is 10.6 Å². The number of nitrogens with one attached hydrogen (secondary N) is 2. The molecule has 8 heteroatoms. The highest BCUT2D eigenvalue weighted by atomic mass is 35.5. The van der Waals surface area contributed by atoms with Crippen molar-refractivity contribution in [3.63, 3.8) is 0 Å². The van der Waals surface area contributed by atoms with Crippen LogP contribution >= 0.6 is 34.8 Å². The molecule has 0 saturated heterocycles. The molecule has 22 heavy (non-hydrogen) atoms. The second-order valence-electron chi connectivity index (χ2n) is 4.55. The molecule has 0 aromatic heterocycles. The molecule has 0 saturated carbocycles. The Balaban J connectivity index is 2.67. The highest BCUT2D eigenvalue weighted by Crippen LogP contribution is 2.33. The van der Waals surface area contributed by atoms with E-state index in [-0.39, 0.29) is 34.9 Å². The van der Waals surface area contributed by atoms with Gasteiger partial charge in [0.2, 0.25) is 11.8 Å². The van der Waals surface area contributed by atoms with Gasteiger partial charge in [-0.25, -0.2) is 0 Å². The molecule has 0 spiro atoms. The molecule has 5 nitrogen and oxygen atoms in total. The van der Waals surface area contributed by atoms with Crippen LogP contribution in [-0.4, -0.2) is 42.9 Å².